The van der Waals surface area contributed by atoms with E-state index in [-0.39, 0.29) is 12.1 Å². The predicted octanol–water partition coefficient (Wildman–Crippen LogP) is 6.27. The average Bonchev–Trinajstić information content (AvgIpc) is 2.77. The first kappa shape index (κ1) is 27.3. The zero-order valence-corrected chi connectivity index (χ0v) is 18.3. The Labute approximate surface area is 196 Å². The van der Waals surface area contributed by atoms with Gasteiger partial charge in [-0.05, 0) is 35.4 Å². The summed E-state index contributed by atoms with van der Waals surface area (Å²) in [5.41, 5.74) is -8.83. The molecule has 0 bridgehead atoms. The number of hydrogen-bond donors (Lipinski definition) is 1. The Balaban J connectivity index is 2.50. The fourth-order valence-corrected chi connectivity index (χ4v) is 3.91. The number of hydrogen-bond acceptors (Lipinski definition) is 3. The van der Waals surface area contributed by atoms with Gasteiger partial charge in [-0.3, -0.25) is 0 Å². The Morgan fingerprint density at radius 2 is 1.08 bits per heavy atom. The van der Waals surface area contributed by atoms with Gasteiger partial charge in [-0.25, -0.2) is 31.1 Å². The van der Waals surface area contributed by atoms with Gasteiger partial charge in [-0.2, -0.15) is 26.3 Å². The Hall–Kier alpha value is -3.33. The number of primary sulfonamides is 1. The van der Waals surface area contributed by atoms with Gasteiger partial charge in [0.05, 0.1) is 23.1 Å². The summed E-state index contributed by atoms with van der Waals surface area (Å²) in [6.45, 7) is 0. The van der Waals surface area contributed by atoms with E-state index in [1.807, 2.05) is 0 Å². The molecule has 0 saturated heterocycles. The van der Waals surface area contributed by atoms with Crippen LogP contribution in [0.5, 0.6) is 5.75 Å². The molecule has 0 amide bonds. The molecule has 3 rings (SSSR count). The van der Waals surface area contributed by atoms with Gasteiger partial charge in [-0.15, -0.1) is 0 Å². The van der Waals surface area contributed by atoms with Gasteiger partial charge >= 0.3 is 12.4 Å². The van der Waals surface area contributed by atoms with E-state index < -0.39 is 89.7 Å². The number of rotatable bonds is 4. The smallest absolute Gasteiger partial charge is 0.420 e. The van der Waals surface area contributed by atoms with E-state index in [2.05, 4.69) is 4.74 Å². The van der Waals surface area contributed by atoms with Crippen molar-refractivity contribution in [1.29, 1.82) is 0 Å². The predicted molar refractivity (Wildman–Crippen MR) is 105 cm³/mol. The third-order valence-corrected chi connectivity index (χ3v) is 5.86. The van der Waals surface area contributed by atoms with Crippen molar-refractivity contribution in [3.8, 4) is 28.0 Å². The summed E-state index contributed by atoms with van der Waals surface area (Å²) in [5, 5.41) is 4.91. The van der Waals surface area contributed by atoms with Gasteiger partial charge < -0.3 is 4.74 Å². The van der Waals surface area contributed by atoms with Gasteiger partial charge in [0.15, 0.2) is 23.3 Å². The molecule has 0 aliphatic heterocycles. The van der Waals surface area contributed by atoms with Crippen molar-refractivity contribution in [2.24, 2.45) is 5.14 Å². The Bertz CT molecular complexity index is 1410. The van der Waals surface area contributed by atoms with E-state index in [1.165, 1.54) is 0 Å². The molecule has 0 fully saturated rings. The molecule has 3 aromatic rings. The highest BCUT2D eigenvalue weighted by Gasteiger charge is 2.43. The van der Waals surface area contributed by atoms with E-state index >= 15 is 0 Å². The molecule has 0 spiro atoms. The molecule has 0 aliphatic carbocycles. The normalized spacial score (nSPS) is 12.7. The minimum atomic E-state index is -5.51. The van der Waals surface area contributed by atoms with E-state index in [1.54, 1.807) is 0 Å². The molecule has 0 unspecified atom stereocenters. The van der Waals surface area contributed by atoms with Crippen molar-refractivity contribution in [2.45, 2.75) is 17.2 Å². The molecular formula is C21H11F10NO3S. The van der Waals surface area contributed by atoms with Crippen molar-refractivity contribution >= 4 is 10.0 Å². The number of methoxy groups -OCH3 is 1. The maximum absolute atomic E-state index is 14.9. The molecule has 0 atom stereocenters. The first-order valence-corrected chi connectivity index (χ1v) is 10.8. The standard InChI is InChI=1S/C21H11F10NO3S/c1-35-19-11(20(26,27)28)6-9(7-12(19)21(29,30)31)14-13(15(22)17(24)18(25)16(14)23)8-2-4-10(5-3-8)36(32,33)34/h2-7H,1H3,(H2,32,33,34). The summed E-state index contributed by atoms with van der Waals surface area (Å²) in [6.07, 6.45) is -11.0. The zero-order valence-electron chi connectivity index (χ0n) is 17.5. The number of ether oxygens (including phenoxy) is 1. The summed E-state index contributed by atoms with van der Waals surface area (Å²) < 4.78 is 167. The van der Waals surface area contributed by atoms with Crippen molar-refractivity contribution < 1.29 is 57.1 Å². The van der Waals surface area contributed by atoms with E-state index in [4.69, 9.17) is 5.14 Å². The number of benzene rings is 3. The molecule has 0 aromatic heterocycles. The van der Waals surface area contributed by atoms with Crippen LogP contribution in [0.25, 0.3) is 22.3 Å². The topological polar surface area (TPSA) is 69.4 Å². The van der Waals surface area contributed by atoms with Crippen LogP contribution in [0.2, 0.25) is 0 Å². The summed E-state index contributed by atoms with van der Waals surface area (Å²) in [5.74, 6) is -11.1. The van der Waals surface area contributed by atoms with Crippen LogP contribution in [0, 0.1) is 23.3 Å². The van der Waals surface area contributed by atoms with Crippen LogP contribution in [0.15, 0.2) is 41.3 Å². The summed E-state index contributed by atoms with van der Waals surface area (Å²) in [4.78, 5) is -0.570. The van der Waals surface area contributed by atoms with Crippen LogP contribution in [0.3, 0.4) is 0 Å². The maximum atomic E-state index is 14.9. The van der Waals surface area contributed by atoms with Crippen molar-refractivity contribution in [2.75, 3.05) is 7.11 Å². The number of nitrogens with two attached hydrogens (primary N) is 1. The van der Waals surface area contributed by atoms with E-state index in [9.17, 15) is 52.3 Å². The quantitative estimate of drug-likeness (QED) is 0.238. The minimum Gasteiger partial charge on any atom is -0.495 e. The first-order valence-electron chi connectivity index (χ1n) is 9.25. The highest BCUT2D eigenvalue weighted by Crippen LogP contribution is 2.48. The Morgan fingerprint density at radius 3 is 1.42 bits per heavy atom. The minimum absolute atomic E-state index is 0.0501. The lowest BCUT2D eigenvalue weighted by Crippen LogP contribution is -2.15. The van der Waals surface area contributed by atoms with Crippen molar-refractivity contribution in [3.05, 3.63) is 70.8 Å². The van der Waals surface area contributed by atoms with Gasteiger partial charge in [0.25, 0.3) is 0 Å². The largest absolute Gasteiger partial charge is 0.495 e. The summed E-state index contributed by atoms with van der Waals surface area (Å²) >= 11 is 0. The maximum Gasteiger partial charge on any atom is 0.420 e. The van der Waals surface area contributed by atoms with Crippen LogP contribution >= 0.6 is 0 Å². The zero-order chi connectivity index (χ0) is 27.4. The fraction of sp³-hybridized carbons (Fsp3) is 0.143. The third kappa shape index (κ3) is 4.84. The average molecular weight is 547 g/mol. The number of sulfonamides is 1. The highest BCUT2D eigenvalue weighted by atomic mass is 32.2. The Morgan fingerprint density at radius 1 is 0.694 bits per heavy atom. The molecule has 194 valence electrons. The molecule has 0 aliphatic rings. The highest BCUT2D eigenvalue weighted by molar-refractivity contribution is 7.89. The first-order chi connectivity index (χ1) is 16.4. The molecule has 3 aromatic carbocycles. The molecule has 2 N–H and O–H groups in total. The molecular weight excluding hydrogens is 536 g/mol. The summed E-state index contributed by atoms with van der Waals surface area (Å²) in [6, 6.07) is 2.79. The van der Waals surface area contributed by atoms with Crippen LogP contribution < -0.4 is 9.88 Å². The lowest BCUT2D eigenvalue weighted by molar-refractivity contribution is -0.145. The number of halogens is 10. The summed E-state index contributed by atoms with van der Waals surface area (Å²) in [7, 11) is -3.81. The van der Waals surface area contributed by atoms with Crippen LogP contribution in [0.1, 0.15) is 11.1 Å². The van der Waals surface area contributed by atoms with Crippen molar-refractivity contribution in [3.63, 3.8) is 0 Å². The van der Waals surface area contributed by atoms with E-state index in [0.29, 0.717) is 7.11 Å². The van der Waals surface area contributed by atoms with E-state index in [0.717, 1.165) is 24.3 Å². The Kier molecular flexibility index (Phi) is 6.78. The van der Waals surface area contributed by atoms with Gasteiger partial charge in [0.2, 0.25) is 10.0 Å². The fourth-order valence-electron chi connectivity index (χ4n) is 3.40. The van der Waals surface area contributed by atoms with Crippen molar-refractivity contribution in [1.82, 2.24) is 0 Å². The second-order valence-corrected chi connectivity index (χ2v) is 8.74. The van der Waals surface area contributed by atoms with Gasteiger partial charge in [-0.1, -0.05) is 12.1 Å². The monoisotopic (exact) mass is 547 g/mol. The molecule has 0 radical (unpaired) electrons. The third-order valence-electron chi connectivity index (χ3n) is 4.93. The van der Waals surface area contributed by atoms with Gasteiger partial charge in [0.1, 0.15) is 5.75 Å². The molecule has 0 saturated carbocycles. The molecule has 36 heavy (non-hydrogen) atoms. The molecule has 4 nitrogen and oxygen atoms in total. The van der Waals surface area contributed by atoms with Crippen LogP contribution in [-0.2, 0) is 22.4 Å². The lowest BCUT2D eigenvalue weighted by Gasteiger charge is -2.21. The van der Waals surface area contributed by atoms with Crippen LogP contribution in [-0.4, -0.2) is 15.5 Å². The molecule has 15 heteroatoms. The molecule has 0 heterocycles. The second-order valence-electron chi connectivity index (χ2n) is 7.18. The van der Waals surface area contributed by atoms with Crippen LogP contribution in [0.4, 0.5) is 43.9 Å². The SMILES string of the molecule is COc1c(C(F)(F)F)cc(-c2c(F)c(F)c(F)c(F)c2-c2ccc(S(N)(=O)=O)cc2)cc1C(F)(F)F. The number of alkyl halides is 6. The second kappa shape index (κ2) is 8.96. The lowest BCUT2D eigenvalue weighted by atomic mass is 9.90. The van der Waals surface area contributed by atoms with Gasteiger partial charge in [0, 0.05) is 11.1 Å².